The van der Waals surface area contributed by atoms with Gasteiger partial charge in [0.05, 0.1) is 11.2 Å². The van der Waals surface area contributed by atoms with Gasteiger partial charge in [-0.2, -0.15) is 11.8 Å². The van der Waals surface area contributed by atoms with Crippen LogP contribution in [0.3, 0.4) is 0 Å². The molecule has 2 aromatic carbocycles. The number of thioether (sulfide) groups is 1. The minimum atomic E-state index is -0.135. The summed E-state index contributed by atoms with van der Waals surface area (Å²) in [4.78, 5) is 19.5. The molecule has 1 saturated heterocycles. The van der Waals surface area contributed by atoms with Gasteiger partial charge in [-0.3, -0.25) is 9.69 Å². The Morgan fingerprint density at radius 1 is 1.20 bits per heavy atom. The third-order valence-corrected chi connectivity index (χ3v) is 6.60. The predicted molar refractivity (Wildman–Crippen MR) is 125 cm³/mol. The van der Waals surface area contributed by atoms with Crippen molar-refractivity contribution in [3.8, 4) is 5.75 Å². The van der Waals surface area contributed by atoms with E-state index in [9.17, 15) is 4.79 Å². The standard InChI is InChI=1S/C23H25N3O2S2/c1-17-5-6-18(13-26-7-9-29-10-8-26)11-22(17)25-23(27)19-3-2-4-21(12-19)28-14-20-15-30-16-24-20/h2-6,11-12,15-16H,7-10,13-14H2,1H3,(H,25,27). The summed E-state index contributed by atoms with van der Waals surface area (Å²) in [6.07, 6.45) is 0. The Labute approximate surface area is 185 Å². The summed E-state index contributed by atoms with van der Waals surface area (Å²) in [6, 6.07) is 13.6. The molecule has 0 unspecified atom stereocenters. The van der Waals surface area contributed by atoms with E-state index in [2.05, 4.69) is 33.4 Å². The van der Waals surface area contributed by atoms with Crippen molar-refractivity contribution < 1.29 is 9.53 Å². The van der Waals surface area contributed by atoms with E-state index in [1.807, 2.05) is 36.2 Å². The molecule has 2 heterocycles. The molecule has 30 heavy (non-hydrogen) atoms. The molecule has 1 aliphatic heterocycles. The molecule has 7 heteroatoms. The highest BCUT2D eigenvalue weighted by atomic mass is 32.2. The van der Waals surface area contributed by atoms with Gasteiger partial charge in [-0.25, -0.2) is 4.98 Å². The lowest BCUT2D eigenvalue weighted by Gasteiger charge is -2.26. The van der Waals surface area contributed by atoms with Crippen molar-refractivity contribution in [3.63, 3.8) is 0 Å². The van der Waals surface area contributed by atoms with E-state index in [0.717, 1.165) is 36.6 Å². The Morgan fingerprint density at radius 3 is 2.87 bits per heavy atom. The van der Waals surface area contributed by atoms with E-state index in [1.165, 1.54) is 28.4 Å². The first-order valence-corrected chi connectivity index (χ1v) is 12.1. The van der Waals surface area contributed by atoms with Gasteiger partial charge in [0, 0.05) is 47.8 Å². The van der Waals surface area contributed by atoms with Crippen LogP contribution in [0, 0.1) is 6.92 Å². The molecule has 3 aromatic rings. The molecular weight excluding hydrogens is 414 g/mol. The molecule has 0 saturated carbocycles. The largest absolute Gasteiger partial charge is 0.487 e. The van der Waals surface area contributed by atoms with Crippen molar-refractivity contribution in [2.45, 2.75) is 20.1 Å². The van der Waals surface area contributed by atoms with Crippen LogP contribution in [-0.2, 0) is 13.2 Å². The lowest BCUT2D eigenvalue weighted by atomic mass is 10.1. The molecule has 0 spiro atoms. The number of nitrogens with zero attached hydrogens (tertiary/aromatic N) is 2. The zero-order chi connectivity index (χ0) is 20.8. The number of carbonyl (C=O) groups is 1. The number of aryl methyl sites for hydroxylation is 1. The molecule has 0 atom stereocenters. The van der Waals surface area contributed by atoms with Crippen LogP contribution in [0.1, 0.15) is 27.2 Å². The Kier molecular flexibility index (Phi) is 7.04. The molecule has 1 N–H and O–H groups in total. The maximum atomic E-state index is 12.9. The Morgan fingerprint density at radius 2 is 2.07 bits per heavy atom. The van der Waals surface area contributed by atoms with E-state index in [1.54, 1.807) is 17.6 Å². The highest BCUT2D eigenvalue weighted by Crippen LogP contribution is 2.22. The van der Waals surface area contributed by atoms with E-state index >= 15 is 0 Å². The molecule has 0 radical (unpaired) electrons. The van der Waals surface area contributed by atoms with E-state index in [0.29, 0.717) is 17.9 Å². The normalized spacial score (nSPS) is 14.4. The summed E-state index contributed by atoms with van der Waals surface area (Å²) in [5.74, 6) is 2.90. The summed E-state index contributed by atoms with van der Waals surface area (Å²) in [7, 11) is 0. The average Bonchev–Trinajstić information content (AvgIpc) is 3.29. The van der Waals surface area contributed by atoms with Gasteiger partial charge in [-0.05, 0) is 42.3 Å². The fourth-order valence-corrected chi connectivity index (χ4v) is 4.83. The van der Waals surface area contributed by atoms with Crippen molar-refractivity contribution in [1.29, 1.82) is 0 Å². The van der Waals surface area contributed by atoms with Crippen LogP contribution in [0.4, 0.5) is 5.69 Å². The van der Waals surface area contributed by atoms with Crippen molar-refractivity contribution in [2.24, 2.45) is 0 Å². The predicted octanol–water partition coefficient (Wildman–Crippen LogP) is 4.83. The van der Waals surface area contributed by atoms with Gasteiger partial charge in [-0.1, -0.05) is 18.2 Å². The third kappa shape index (κ3) is 5.62. The van der Waals surface area contributed by atoms with Crippen molar-refractivity contribution >= 4 is 34.7 Å². The summed E-state index contributed by atoms with van der Waals surface area (Å²) in [5, 5.41) is 5.03. The second-order valence-electron chi connectivity index (χ2n) is 7.29. The number of amides is 1. The maximum Gasteiger partial charge on any atom is 0.255 e. The fourth-order valence-electron chi connectivity index (χ4n) is 3.31. The molecule has 1 aliphatic rings. The van der Waals surface area contributed by atoms with Gasteiger partial charge >= 0.3 is 0 Å². The number of benzene rings is 2. The van der Waals surface area contributed by atoms with Crippen molar-refractivity contribution in [3.05, 3.63) is 75.7 Å². The highest BCUT2D eigenvalue weighted by molar-refractivity contribution is 7.99. The fraction of sp³-hybridized carbons (Fsp3) is 0.304. The number of anilines is 1. The lowest BCUT2D eigenvalue weighted by Crippen LogP contribution is -2.32. The second-order valence-corrected chi connectivity index (χ2v) is 9.23. The number of hydrogen-bond acceptors (Lipinski definition) is 6. The SMILES string of the molecule is Cc1ccc(CN2CCSCC2)cc1NC(=O)c1cccc(OCc2cscn2)c1. The minimum absolute atomic E-state index is 0.135. The summed E-state index contributed by atoms with van der Waals surface area (Å²) >= 11 is 3.55. The van der Waals surface area contributed by atoms with E-state index < -0.39 is 0 Å². The smallest absolute Gasteiger partial charge is 0.255 e. The summed E-state index contributed by atoms with van der Waals surface area (Å²) < 4.78 is 5.78. The van der Waals surface area contributed by atoms with Crippen LogP contribution < -0.4 is 10.1 Å². The molecule has 5 nitrogen and oxygen atoms in total. The number of carbonyl (C=O) groups excluding carboxylic acids is 1. The van der Waals surface area contributed by atoms with Gasteiger partial charge in [0.15, 0.2) is 0 Å². The van der Waals surface area contributed by atoms with Crippen LogP contribution in [0.15, 0.2) is 53.4 Å². The first-order valence-electron chi connectivity index (χ1n) is 9.98. The van der Waals surface area contributed by atoms with Gasteiger partial charge in [0.25, 0.3) is 5.91 Å². The molecular formula is C23H25N3O2S2. The Balaban J connectivity index is 1.41. The van der Waals surface area contributed by atoms with Crippen molar-refractivity contribution in [2.75, 3.05) is 29.9 Å². The van der Waals surface area contributed by atoms with E-state index in [-0.39, 0.29) is 5.91 Å². The Hall–Kier alpha value is -2.35. The minimum Gasteiger partial charge on any atom is -0.487 e. The van der Waals surface area contributed by atoms with Crippen molar-refractivity contribution in [1.82, 2.24) is 9.88 Å². The highest BCUT2D eigenvalue weighted by Gasteiger charge is 2.13. The molecule has 0 aliphatic carbocycles. The maximum absolute atomic E-state index is 12.9. The monoisotopic (exact) mass is 439 g/mol. The van der Waals surface area contributed by atoms with Crippen LogP contribution in [0.25, 0.3) is 0 Å². The zero-order valence-corrected chi connectivity index (χ0v) is 18.6. The summed E-state index contributed by atoms with van der Waals surface area (Å²) in [6.45, 7) is 5.57. The average molecular weight is 440 g/mol. The van der Waals surface area contributed by atoms with Crippen LogP contribution in [0.2, 0.25) is 0 Å². The van der Waals surface area contributed by atoms with Crippen LogP contribution >= 0.6 is 23.1 Å². The molecule has 1 amide bonds. The molecule has 4 rings (SSSR count). The van der Waals surface area contributed by atoms with Gasteiger partial charge in [-0.15, -0.1) is 11.3 Å². The van der Waals surface area contributed by atoms with Gasteiger partial charge in [0.1, 0.15) is 12.4 Å². The molecule has 1 aromatic heterocycles. The number of hydrogen-bond donors (Lipinski definition) is 1. The molecule has 0 bridgehead atoms. The first-order chi connectivity index (χ1) is 14.7. The number of ether oxygens (including phenoxy) is 1. The Bertz CT molecular complexity index is 986. The number of rotatable bonds is 7. The number of aromatic nitrogens is 1. The quantitative estimate of drug-likeness (QED) is 0.571. The van der Waals surface area contributed by atoms with Gasteiger partial charge in [0.2, 0.25) is 0 Å². The van der Waals surface area contributed by atoms with E-state index in [4.69, 9.17) is 4.74 Å². The number of nitrogens with one attached hydrogen (secondary N) is 1. The lowest BCUT2D eigenvalue weighted by molar-refractivity contribution is 0.102. The van der Waals surface area contributed by atoms with Crippen LogP contribution in [-0.4, -0.2) is 40.4 Å². The number of thiazole rings is 1. The molecule has 156 valence electrons. The second kappa shape index (κ2) is 10.1. The topological polar surface area (TPSA) is 54.5 Å². The van der Waals surface area contributed by atoms with Crippen LogP contribution in [0.5, 0.6) is 5.75 Å². The molecule has 1 fully saturated rings. The third-order valence-electron chi connectivity index (χ3n) is 5.03. The van der Waals surface area contributed by atoms with Gasteiger partial charge < -0.3 is 10.1 Å². The zero-order valence-electron chi connectivity index (χ0n) is 17.0. The first kappa shape index (κ1) is 20.9. The summed E-state index contributed by atoms with van der Waals surface area (Å²) in [5.41, 5.74) is 6.37.